The molecule has 9 heteroatoms. The normalized spacial score (nSPS) is 15.6. The Bertz CT molecular complexity index is 998. The number of carbonyl (C=O) groups is 1. The minimum absolute atomic E-state index is 0.0595. The molecule has 3 heterocycles. The molecule has 0 atom stereocenters. The van der Waals surface area contributed by atoms with Crippen LogP contribution in [0.25, 0.3) is 0 Å². The molecule has 148 valence electrons. The lowest BCUT2D eigenvalue weighted by atomic mass is 10.1. The lowest BCUT2D eigenvalue weighted by Gasteiger charge is -2.36. The highest BCUT2D eigenvalue weighted by Crippen LogP contribution is 2.35. The molecule has 9 nitrogen and oxygen atoms in total. The summed E-state index contributed by atoms with van der Waals surface area (Å²) < 4.78 is 12.5. The molecule has 0 bridgehead atoms. The summed E-state index contributed by atoms with van der Waals surface area (Å²) >= 11 is 0. The van der Waals surface area contributed by atoms with E-state index < -0.39 is 0 Å². The molecular weight excluding hydrogens is 372 g/mol. The summed E-state index contributed by atoms with van der Waals surface area (Å²) in [6.45, 7) is 3.77. The Balaban J connectivity index is 1.20. The number of fused-ring (bicyclic) bond motifs is 1. The van der Waals surface area contributed by atoms with Gasteiger partial charge in [-0.2, -0.15) is 0 Å². The first-order valence-electron chi connectivity index (χ1n) is 9.50. The zero-order chi connectivity index (χ0) is 19.6. The van der Waals surface area contributed by atoms with Gasteiger partial charge in [-0.3, -0.25) is 4.79 Å². The van der Waals surface area contributed by atoms with E-state index in [2.05, 4.69) is 20.4 Å². The number of benzene rings is 2. The maximum absolute atomic E-state index is 12.9. The smallest absolute Gasteiger partial charge is 0.253 e. The van der Waals surface area contributed by atoms with E-state index in [4.69, 9.17) is 9.47 Å². The third kappa shape index (κ3) is 3.58. The number of amides is 1. The van der Waals surface area contributed by atoms with Crippen molar-refractivity contribution in [1.82, 2.24) is 25.1 Å². The molecule has 5 rings (SSSR count). The number of tetrazole rings is 1. The van der Waals surface area contributed by atoms with Crippen molar-refractivity contribution in [3.05, 3.63) is 59.9 Å². The van der Waals surface area contributed by atoms with Crippen LogP contribution in [-0.2, 0) is 6.54 Å². The molecule has 0 spiro atoms. The topological polar surface area (TPSA) is 85.6 Å². The van der Waals surface area contributed by atoms with Crippen LogP contribution in [0.3, 0.4) is 0 Å². The summed E-state index contributed by atoms with van der Waals surface area (Å²) in [6, 6.07) is 13.6. The average Bonchev–Trinajstić information content (AvgIpc) is 3.45. The number of rotatable bonds is 4. The van der Waals surface area contributed by atoms with Gasteiger partial charge in [0, 0.05) is 43.5 Å². The van der Waals surface area contributed by atoms with E-state index in [1.165, 1.54) is 0 Å². The lowest BCUT2D eigenvalue weighted by Crippen LogP contribution is -2.48. The first-order valence-corrected chi connectivity index (χ1v) is 9.50. The predicted octanol–water partition coefficient (Wildman–Crippen LogP) is 1.41. The maximum atomic E-state index is 12.9. The Morgan fingerprint density at radius 2 is 1.76 bits per heavy atom. The van der Waals surface area contributed by atoms with Gasteiger partial charge in [0.05, 0.1) is 6.54 Å². The molecule has 1 fully saturated rings. The molecule has 0 aliphatic carbocycles. The summed E-state index contributed by atoms with van der Waals surface area (Å²) in [4.78, 5) is 17.0. The Morgan fingerprint density at radius 1 is 0.966 bits per heavy atom. The van der Waals surface area contributed by atoms with Crippen molar-refractivity contribution in [1.29, 1.82) is 0 Å². The number of carbonyl (C=O) groups excluding carboxylic acids is 1. The molecule has 1 amide bonds. The highest BCUT2D eigenvalue weighted by Gasteiger charge is 2.23. The van der Waals surface area contributed by atoms with Gasteiger partial charge in [0.25, 0.3) is 5.91 Å². The van der Waals surface area contributed by atoms with Crippen LogP contribution < -0.4 is 14.4 Å². The largest absolute Gasteiger partial charge is 0.454 e. The van der Waals surface area contributed by atoms with E-state index in [-0.39, 0.29) is 12.7 Å². The summed E-state index contributed by atoms with van der Waals surface area (Å²) in [5.74, 6) is 1.62. The van der Waals surface area contributed by atoms with Crippen molar-refractivity contribution in [2.24, 2.45) is 0 Å². The van der Waals surface area contributed by atoms with Gasteiger partial charge >= 0.3 is 0 Å². The minimum Gasteiger partial charge on any atom is -0.454 e. The number of aromatic nitrogens is 4. The average molecular weight is 392 g/mol. The lowest BCUT2D eigenvalue weighted by molar-refractivity contribution is 0.0746. The van der Waals surface area contributed by atoms with Crippen molar-refractivity contribution in [2.75, 3.05) is 37.9 Å². The standard InChI is InChI=1S/C20H20N6O3/c27-20(16-3-1-15(2-4-16)12-26-13-21-22-23-26)25-9-7-24(8-10-25)17-5-6-18-19(11-17)29-14-28-18/h1-6,11,13H,7-10,12,14H2. The second-order valence-electron chi connectivity index (χ2n) is 7.02. The fourth-order valence-electron chi connectivity index (χ4n) is 3.62. The Morgan fingerprint density at radius 3 is 2.52 bits per heavy atom. The molecule has 0 radical (unpaired) electrons. The third-order valence-electron chi connectivity index (χ3n) is 5.23. The number of ether oxygens (including phenoxy) is 2. The number of piperazine rings is 1. The van der Waals surface area contributed by atoms with Crippen LogP contribution >= 0.6 is 0 Å². The SMILES string of the molecule is O=C(c1ccc(Cn2cnnn2)cc1)N1CCN(c2ccc3c(c2)OCO3)CC1. The molecular formula is C20H20N6O3. The summed E-state index contributed by atoms with van der Waals surface area (Å²) in [5.41, 5.74) is 2.83. The molecule has 2 aliphatic rings. The van der Waals surface area contributed by atoms with Gasteiger partial charge in [-0.15, -0.1) is 5.10 Å². The third-order valence-corrected chi connectivity index (χ3v) is 5.23. The molecule has 29 heavy (non-hydrogen) atoms. The Kier molecular flexibility index (Phi) is 4.47. The van der Waals surface area contributed by atoms with Crippen LogP contribution in [0.5, 0.6) is 11.5 Å². The van der Waals surface area contributed by atoms with Crippen LogP contribution in [-0.4, -0.2) is 64.0 Å². The van der Waals surface area contributed by atoms with Crippen LogP contribution in [0.2, 0.25) is 0 Å². The molecule has 0 saturated carbocycles. The van der Waals surface area contributed by atoms with Crippen LogP contribution in [0.1, 0.15) is 15.9 Å². The molecule has 3 aromatic rings. The van der Waals surface area contributed by atoms with Gasteiger partial charge in [-0.05, 0) is 40.3 Å². The second-order valence-corrected chi connectivity index (χ2v) is 7.02. The monoisotopic (exact) mass is 392 g/mol. The van der Waals surface area contributed by atoms with Crippen LogP contribution in [0.4, 0.5) is 5.69 Å². The van der Waals surface area contributed by atoms with E-state index in [1.54, 1.807) is 11.0 Å². The minimum atomic E-state index is 0.0595. The van der Waals surface area contributed by atoms with E-state index in [0.29, 0.717) is 25.2 Å². The summed E-state index contributed by atoms with van der Waals surface area (Å²) in [5, 5.41) is 11.1. The van der Waals surface area contributed by atoms with E-state index in [9.17, 15) is 4.79 Å². The van der Waals surface area contributed by atoms with Crippen molar-refractivity contribution in [3.8, 4) is 11.5 Å². The molecule has 1 saturated heterocycles. The first kappa shape index (κ1) is 17.5. The maximum Gasteiger partial charge on any atom is 0.253 e. The highest BCUT2D eigenvalue weighted by atomic mass is 16.7. The zero-order valence-corrected chi connectivity index (χ0v) is 15.8. The fraction of sp³-hybridized carbons (Fsp3) is 0.300. The molecule has 1 aromatic heterocycles. The van der Waals surface area contributed by atoms with Crippen molar-refractivity contribution >= 4 is 11.6 Å². The number of anilines is 1. The van der Waals surface area contributed by atoms with Crippen molar-refractivity contribution in [2.45, 2.75) is 6.54 Å². The van der Waals surface area contributed by atoms with Gasteiger partial charge in [0.15, 0.2) is 11.5 Å². The predicted molar refractivity (Wildman–Crippen MR) is 104 cm³/mol. The number of hydrogen-bond acceptors (Lipinski definition) is 7. The number of hydrogen-bond donors (Lipinski definition) is 0. The van der Waals surface area contributed by atoms with E-state index in [0.717, 1.165) is 35.8 Å². The molecule has 0 N–H and O–H groups in total. The first-order chi connectivity index (χ1) is 14.3. The second kappa shape index (κ2) is 7.42. The van der Waals surface area contributed by atoms with Gasteiger partial charge < -0.3 is 19.3 Å². The summed E-state index contributed by atoms with van der Waals surface area (Å²) in [6.07, 6.45) is 1.57. The Hall–Kier alpha value is -3.62. The van der Waals surface area contributed by atoms with E-state index in [1.807, 2.05) is 47.4 Å². The highest BCUT2D eigenvalue weighted by molar-refractivity contribution is 5.94. The van der Waals surface area contributed by atoms with Gasteiger partial charge in [-0.25, -0.2) is 4.68 Å². The molecule has 0 unspecified atom stereocenters. The van der Waals surface area contributed by atoms with Crippen LogP contribution in [0.15, 0.2) is 48.8 Å². The number of nitrogens with zero attached hydrogens (tertiary/aromatic N) is 6. The van der Waals surface area contributed by atoms with E-state index >= 15 is 0 Å². The van der Waals surface area contributed by atoms with Crippen LogP contribution in [0, 0.1) is 0 Å². The van der Waals surface area contributed by atoms with Crippen molar-refractivity contribution < 1.29 is 14.3 Å². The quantitative estimate of drug-likeness (QED) is 0.664. The van der Waals surface area contributed by atoms with Gasteiger partial charge in [0.1, 0.15) is 6.33 Å². The Labute approximate surface area is 167 Å². The summed E-state index contributed by atoms with van der Waals surface area (Å²) in [7, 11) is 0. The molecule has 2 aromatic carbocycles. The van der Waals surface area contributed by atoms with Crippen molar-refractivity contribution in [3.63, 3.8) is 0 Å². The van der Waals surface area contributed by atoms with Gasteiger partial charge in [0.2, 0.25) is 6.79 Å². The van der Waals surface area contributed by atoms with Gasteiger partial charge in [-0.1, -0.05) is 12.1 Å². The fourth-order valence-corrected chi connectivity index (χ4v) is 3.62. The molecule has 2 aliphatic heterocycles. The zero-order valence-electron chi connectivity index (χ0n) is 15.8.